The van der Waals surface area contributed by atoms with Crippen LogP contribution in [0, 0.1) is 11.8 Å². The van der Waals surface area contributed by atoms with Crippen LogP contribution < -0.4 is 0 Å². The largest absolute Gasteiger partial charge is 0.459 e. The Morgan fingerprint density at radius 3 is 2.52 bits per heavy atom. The Kier molecular flexibility index (Phi) is 5.91. The van der Waals surface area contributed by atoms with Gasteiger partial charge in [-0.25, -0.2) is 4.79 Å². The van der Waals surface area contributed by atoms with Gasteiger partial charge < -0.3 is 24.4 Å². The maximum atomic E-state index is 13.2. The highest BCUT2D eigenvalue weighted by atomic mass is 32.2. The maximum Gasteiger partial charge on any atom is 0.430 e. The summed E-state index contributed by atoms with van der Waals surface area (Å²) >= 11 is 0. The molecular formula is C16H22F2O10S. The lowest BCUT2D eigenvalue weighted by atomic mass is 9.69. The zero-order chi connectivity index (χ0) is 21.6. The van der Waals surface area contributed by atoms with Gasteiger partial charge in [-0.15, -0.1) is 0 Å². The SMILES string of the molecule is O=C(COC1CC(C2(O)CCCC2)C2CC1OC2=O)OC(O)C(F)(F)S(=O)(=O)O. The van der Waals surface area contributed by atoms with Crippen molar-refractivity contribution in [1.82, 2.24) is 0 Å². The van der Waals surface area contributed by atoms with Crippen molar-refractivity contribution < 1.29 is 55.8 Å². The first kappa shape index (κ1) is 22.3. The second-order valence-corrected chi connectivity index (χ2v) is 9.19. The highest BCUT2D eigenvalue weighted by Gasteiger charge is 2.57. The smallest absolute Gasteiger partial charge is 0.430 e. The van der Waals surface area contributed by atoms with Crippen LogP contribution in [0.5, 0.6) is 0 Å². The minimum absolute atomic E-state index is 0.203. The van der Waals surface area contributed by atoms with Gasteiger partial charge in [0.05, 0.1) is 17.6 Å². The van der Waals surface area contributed by atoms with Crippen LogP contribution in [0.4, 0.5) is 8.78 Å². The normalized spacial score (nSPS) is 32.7. The van der Waals surface area contributed by atoms with Gasteiger partial charge in [0.25, 0.3) is 6.29 Å². The first-order valence-corrected chi connectivity index (χ1v) is 10.6. The average molecular weight is 444 g/mol. The van der Waals surface area contributed by atoms with E-state index in [-0.39, 0.29) is 12.8 Å². The van der Waals surface area contributed by atoms with Crippen molar-refractivity contribution >= 4 is 22.1 Å². The minimum Gasteiger partial charge on any atom is -0.459 e. The third kappa shape index (κ3) is 4.24. The molecule has 0 aromatic rings. The monoisotopic (exact) mass is 444 g/mol. The quantitative estimate of drug-likeness (QED) is 0.277. The van der Waals surface area contributed by atoms with E-state index in [1.165, 1.54) is 0 Å². The molecule has 5 unspecified atom stereocenters. The van der Waals surface area contributed by atoms with Gasteiger partial charge in [-0.05, 0) is 19.3 Å². The number of alkyl halides is 2. The summed E-state index contributed by atoms with van der Waals surface area (Å²) in [7, 11) is -6.01. The topological polar surface area (TPSA) is 157 Å². The molecule has 10 nitrogen and oxygen atoms in total. The van der Waals surface area contributed by atoms with E-state index in [1.54, 1.807) is 0 Å². The van der Waals surface area contributed by atoms with Crippen LogP contribution in [0.2, 0.25) is 0 Å². The van der Waals surface area contributed by atoms with E-state index in [2.05, 4.69) is 4.74 Å². The molecule has 0 radical (unpaired) electrons. The molecule has 13 heteroatoms. The Bertz CT molecular complexity index is 764. The summed E-state index contributed by atoms with van der Waals surface area (Å²) in [4.78, 5) is 23.8. The number of esters is 2. The molecule has 0 aromatic carbocycles. The van der Waals surface area contributed by atoms with Crippen LogP contribution in [0.3, 0.4) is 0 Å². The van der Waals surface area contributed by atoms with E-state index >= 15 is 0 Å². The van der Waals surface area contributed by atoms with E-state index in [0.717, 1.165) is 12.8 Å². The van der Waals surface area contributed by atoms with E-state index < -0.39 is 69.9 Å². The second-order valence-electron chi connectivity index (χ2n) is 7.70. The van der Waals surface area contributed by atoms with Crippen molar-refractivity contribution in [3.8, 4) is 0 Å². The Morgan fingerprint density at radius 2 is 1.93 bits per heavy atom. The molecule has 166 valence electrons. The Balaban J connectivity index is 1.60. The van der Waals surface area contributed by atoms with Gasteiger partial charge in [0.1, 0.15) is 12.7 Å². The molecule has 3 rings (SSSR count). The number of aliphatic hydroxyl groups is 2. The molecule has 3 fully saturated rings. The van der Waals surface area contributed by atoms with Gasteiger partial charge in [-0.2, -0.15) is 17.2 Å². The average Bonchev–Trinajstić information content (AvgIpc) is 3.18. The van der Waals surface area contributed by atoms with Gasteiger partial charge in [-0.3, -0.25) is 9.35 Å². The molecule has 3 N–H and O–H groups in total. The summed E-state index contributed by atoms with van der Waals surface area (Å²) < 4.78 is 70.4. The standard InChI is InChI=1S/C16H22F2O10S/c17-16(18,29(23,24)25)14(21)28-12(19)7-26-10-6-9(15(22)3-1-2-4-15)8-5-11(10)27-13(8)20/h8-11,14,21-22H,1-7H2,(H,23,24,25). The first-order valence-electron chi connectivity index (χ1n) is 9.12. The predicted octanol–water partition coefficient (Wildman–Crippen LogP) is -0.0295. The minimum atomic E-state index is -6.01. The van der Waals surface area contributed by atoms with Gasteiger partial charge in [0.15, 0.2) is 0 Å². The van der Waals surface area contributed by atoms with E-state index in [0.29, 0.717) is 12.8 Å². The number of aliphatic hydroxyl groups excluding tert-OH is 1. The molecule has 3 aliphatic rings. The molecule has 1 aliphatic heterocycles. The fraction of sp³-hybridized carbons (Fsp3) is 0.875. The van der Waals surface area contributed by atoms with Gasteiger partial charge in [-0.1, -0.05) is 12.8 Å². The number of fused-ring (bicyclic) bond motifs is 2. The fourth-order valence-electron chi connectivity index (χ4n) is 4.41. The lowest BCUT2D eigenvalue weighted by molar-refractivity contribution is -0.211. The summed E-state index contributed by atoms with van der Waals surface area (Å²) in [6, 6.07) is 0. The number of hydrogen-bond acceptors (Lipinski definition) is 9. The highest BCUT2D eigenvalue weighted by molar-refractivity contribution is 7.86. The van der Waals surface area contributed by atoms with Crippen molar-refractivity contribution in [2.45, 2.75) is 67.9 Å². The molecule has 29 heavy (non-hydrogen) atoms. The van der Waals surface area contributed by atoms with Crippen LogP contribution >= 0.6 is 0 Å². The number of hydrogen-bond donors (Lipinski definition) is 3. The van der Waals surface area contributed by atoms with Crippen molar-refractivity contribution in [2.75, 3.05) is 6.61 Å². The second kappa shape index (κ2) is 7.69. The van der Waals surface area contributed by atoms with Crippen LogP contribution in [0.25, 0.3) is 0 Å². The molecule has 0 aromatic heterocycles. The molecule has 0 spiro atoms. The number of ether oxygens (including phenoxy) is 3. The maximum absolute atomic E-state index is 13.2. The lowest BCUT2D eigenvalue weighted by Crippen LogP contribution is -2.47. The Hall–Kier alpha value is -1.41. The summed E-state index contributed by atoms with van der Waals surface area (Å²) in [6.45, 7) is -0.937. The van der Waals surface area contributed by atoms with Crippen LogP contribution in [0.1, 0.15) is 38.5 Å². The van der Waals surface area contributed by atoms with E-state index in [4.69, 9.17) is 19.1 Å². The number of carbonyl (C=O) groups excluding carboxylic acids is 2. The van der Waals surface area contributed by atoms with Crippen LogP contribution in [-0.2, 0) is 33.9 Å². The van der Waals surface area contributed by atoms with Crippen molar-refractivity contribution in [3.05, 3.63) is 0 Å². The summed E-state index contributed by atoms with van der Waals surface area (Å²) in [5.74, 6) is -2.89. The van der Waals surface area contributed by atoms with Crippen molar-refractivity contribution in [2.24, 2.45) is 11.8 Å². The Labute approximate surface area is 164 Å². The highest BCUT2D eigenvalue weighted by Crippen LogP contribution is 2.49. The number of rotatable bonds is 7. The molecular weight excluding hydrogens is 422 g/mol. The number of halogens is 2. The third-order valence-electron chi connectivity index (χ3n) is 5.89. The van der Waals surface area contributed by atoms with Gasteiger partial charge in [0.2, 0.25) is 0 Å². The first-order chi connectivity index (χ1) is 13.3. The van der Waals surface area contributed by atoms with Gasteiger partial charge >= 0.3 is 27.3 Å². The summed E-state index contributed by atoms with van der Waals surface area (Å²) in [5, 5.41) is 14.9. The molecule has 2 bridgehead atoms. The van der Waals surface area contributed by atoms with Gasteiger partial charge in [0, 0.05) is 12.3 Å². The summed E-state index contributed by atoms with van der Waals surface area (Å²) in [6.07, 6.45) is -1.74. The molecule has 0 amide bonds. The molecule has 1 heterocycles. The van der Waals surface area contributed by atoms with Crippen LogP contribution in [0.15, 0.2) is 0 Å². The molecule has 5 atom stereocenters. The Morgan fingerprint density at radius 1 is 1.31 bits per heavy atom. The fourth-order valence-corrected chi connectivity index (χ4v) is 4.71. The lowest BCUT2D eigenvalue weighted by Gasteiger charge is -2.40. The van der Waals surface area contributed by atoms with Crippen molar-refractivity contribution in [1.29, 1.82) is 0 Å². The third-order valence-corrected chi connectivity index (χ3v) is 6.78. The van der Waals surface area contributed by atoms with Crippen molar-refractivity contribution in [3.63, 3.8) is 0 Å². The molecule has 2 aliphatic carbocycles. The zero-order valence-corrected chi connectivity index (χ0v) is 16.0. The molecule has 1 saturated heterocycles. The van der Waals surface area contributed by atoms with E-state index in [9.17, 15) is 31.9 Å². The predicted molar refractivity (Wildman–Crippen MR) is 87.8 cm³/mol. The number of carbonyl (C=O) groups is 2. The summed E-state index contributed by atoms with van der Waals surface area (Å²) in [5.41, 5.74) is -1.05. The molecule has 2 saturated carbocycles. The van der Waals surface area contributed by atoms with E-state index in [1.807, 2.05) is 0 Å². The van der Waals surface area contributed by atoms with Crippen LogP contribution in [-0.4, -0.2) is 71.1 Å². The zero-order valence-electron chi connectivity index (χ0n) is 15.2.